The second-order valence-electron chi connectivity index (χ2n) is 10.1. The molecule has 0 aromatic carbocycles. The molecule has 3 aromatic rings. The molecule has 0 unspecified atom stereocenters. The van der Waals surface area contributed by atoms with E-state index >= 15 is 0 Å². The van der Waals surface area contributed by atoms with Gasteiger partial charge in [-0.15, -0.1) is 10.2 Å². The second kappa shape index (κ2) is 12.2. The minimum Gasteiger partial charge on any atom is -0.479 e. The van der Waals surface area contributed by atoms with Crippen LogP contribution in [0.25, 0.3) is 5.69 Å². The molecule has 0 spiro atoms. The zero-order chi connectivity index (χ0) is 29.1. The summed E-state index contributed by atoms with van der Waals surface area (Å²) >= 11 is 0. The third kappa shape index (κ3) is 6.23. The lowest BCUT2D eigenvalue weighted by atomic mass is 10.1. The Balaban J connectivity index is 1.52. The summed E-state index contributed by atoms with van der Waals surface area (Å²) in [5, 5.41) is 7.78. The highest BCUT2D eigenvalue weighted by atomic mass is 32.2. The Labute approximate surface area is 237 Å². The minimum absolute atomic E-state index is 0.0970. The van der Waals surface area contributed by atoms with Crippen molar-refractivity contribution in [1.82, 2.24) is 34.7 Å². The molecule has 16 heteroatoms. The maximum atomic E-state index is 14.1. The maximum absolute atomic E-state index is 14.1. The Hall–Kier alpha value is -3.50. The minimum atomic E-state index is -3.87. The van der Waals surface area contributed by atoms with Gasteiger partial charge in [0.05, 0.1) is 44.1 Å². The van der Waals surface area contributed by atoms with E-state index in [4.69, 9.17) is 18.9 Å². The molecule has 5 rings (SSSR count). The third-order valence-corrected chi connectivity index (χ3v) is 8.92. The molecule has 0 aliphatic carbocycles. The van der Waals surface area contributed by atoms with Crippen LogP contribution in [0.1, 0.15) is 50.9 Å². The summed E-state index contributed by atoms with van der Waals surface area (Å²) in [5.74, 6) is 0.0638. The molecule has 0 radical (unpaired) electrons. The summed E-state index contributed by atoms with van der Waals surface area (Å²) in [6, 6.07) is 0. The first-order valence-corrected chi connectivity index (χ1v) is 15.0. The molecular weight excluding hydrogens is 559 g/mol. The van der Waals surface area contributed by atoms with Crippen molar-refractivity contribution in [2.75, 3.05) is 38.8 Å². The van der Waals surface area contributed by atoms with E-state index in [0.717, 1.165) is 18.8 Å². The monoisotopic (exact) mass is 592 g/mol. The molecule has 3 atom stereocenters. The maximum Gasteiger partial charge on any atom is 0.245 e. The number of halogens is 1. The predicted octanol–water partition coefficient (Wildman–Crippen LogP) is 1.84. The van der Waals surface area contributed by atoms with Gasteiger partial charge in [-0.05, 0) is 33.1 Å². The lowest BCUT2D eigenvalue weighted by Crippen LogP contribution is -2.51. The van der Waals surface area contributed by atoms with Crippen LogP contribution >= 0.6 is 0 Å². The fraction of sp³-hybridized carbons (Fsp3) is 0.600. The van der Waals surface area contributed by atoms with Gasteiger partial charge in [0.2, 0.25) is 17.7 Å². The Morgan fingerprint density at radius 3 is 2.39 bits per heavy atom. The normalized spacial score (nSPS) is 21.4. The highest BCUT2D eigenvalue weighted by Gasteiger charge is 2.39. The molecule has 14 nitrogen and oxygen atoms in total. The van der Waals surface area contributed by atoms with Crippen molar-refractivity contribution in [1.29, 1.82) is 0 Å². The van der Waals surface area contributed by atoms with Gasteiger partial charge in [0.25, 0.3) is 0 Å². The van der Waals surface area contributed by atoms with Crippen molar-refractivity contribution in [3.8, 4) is 17.4 Å². The highest BCUT2D eigenvalue weighted by Crippen LogP contribution is 2.36. The van der Waals surface area contributed by atoms with Gasteiger partial charge >= 0.3 is 0 Å². The summed E-state index contributed by atoms with van der Waals surface area (Å²) < 4.78 is 66.1. The molecule has 41 heavy (non-hydrogen) atoms. The largest absolute Gasteiger partial charge is 0.479 e. The van der Waals surface area contributed by atoms with Crippen LogP contribution in [0.4, 0.5) is 10.3 Å². The van der Waals surface area contributed by atoms with Gasteiger partial charge in [-0.3, -0.25) is 4.57 Å². The SMILES string of the molecule is COc1ncnc(OC)c1-n1c(CS(=O)(=O)[C@H]2C[C@@H](OC(C)C)CN(c3ncc(F)cn3)C2)nnc1[C@@H]1CCCO1. The zero-order valence-corrected chi connectivity index (χ0v) is 24.1. The summed E-state index contributed by atoms with van der Waals surface area (Å²) in [4.78, 5) is 18.2. The number of sulfone groups is 1. The third-order valence-electron chi connectivity index (χ3n) is 6.90. The van der Waals surface area contributed by atoms with Gasteiger partial charge < -0.3 is 23.8 Å². The van der Waals surface area contributed by atoms with Crippen LogP contribution in [0, 0.1) is 5.82 Å². The first kappa shape index (κ1) is 29.0. The van der Waals surface area contributed by atoms with Gasteiger partial charge in [0.1, 0.15) is 18.2 Å². The second-order valence-corrected chi connectivity index (χ2v) is 12.4. The molecular formula is C25H33FN8O6S. The standard InChI is InChI=1S/C25H33FN8O6S/c1-15(2)40-17-8-18(12-33(11-17)25-27-9-16(26)10-28-25)41(35,36)13-20-31-32-22(19-6-5-7-39-19)34(20)21-23(37-3)29-14-30-24(21)38-4/h9-10,14-15,17-19H,5-8,11-13H2,1-4H3/t17-,18+,19+/m1/s1. The van der Waals surface area contributed by atoms with Gasteiger partial charge in [0.15, 0.2) is 33.0 Å². The van der Waals surface area contributed by atoms with Crippen molar-refractivity contribution >= 4 is 15.8 Å². The summed E-state index contributed by atoms with van der Waals surface area (Å²) in [5.41, 5.74) is 0.282. The quantitative estimate of drug-likeness (QED) is 0.336. The first-order valence-electron chi connectivity index (χ1n) is 13.3. The van der Waals surface area contributed by atoms with Crippen LogP contribution < -0.4 is 14.4 Å². The van der Waals surface area contributed by atoms with E-state index < -0.39 is 38.9 Å². The Morgan fingerprint density at radius 1 is 1.07 bits per heavy atom. The van der Waals surface area contributed by atoms with Crippen LogP contribution in [-0.2, 0) is 25.1 Å². The van der Waals surface area contributed by atoms with E-state index in [2.05, 4.69) is 30.1 Å². The lowest BCUT2D eigenvalue weighted by Gasteiger charge is -2.38. The molecule has 0 N–H and O–H groups in total. The highest BCUT2D eigenvalue weighted by molar-refractivity contribution is 7.91. The van der Waals surface area contributed by atoms with E-state index in [1.807, 2.05) is 13.8 Å². The Bertz CT molecular complexity index is 1430. The first-order chi connectivity index (χ1) is 19.7. The number of piperidine rings is 1. The number of ether oxygens (including phenoxy) is 4. The average Bonchev–Trinajstić information content (AvgIpc) is 3.62. The van der Waals surface area contributed by atoms with Crippen molar-refractivity contribution in [3.63, 3.8) is 0 Å². The Kier molecular flexibility index (Phi) is 8.60. The summed E-state index contributed by atoms with van der Waals surface area (Å²) in [6.07, 6.45) is 4.21. The average molecular weight is 593 g/mol. The van der Waals surface area contributed by atoms with Crippen LogP contribution in [0.2, 0.25) is 0 Å². The van der Waals surface area contributed by atoms with Crippen molar-refractivity contribution in [2.24, 2.45) is 0 Å². The topological polar surface area (TPSA) is 157 Å². The fourth-order valence-electron chi connectivity index (χ4n) is 5.18. The van der Waals surface area contributed by atoms with E-state index in [1.54, 1.807) is 9.47 Å². The molecule has 2 fully saturated rings. The number of aromatic nitrogens is 7. The van der Waals surface area contributed by atoms with E-state index in [0.29, 0.717) is 25.4 Å². The van der Waals surface area contributed by atoms with Crippen LogP contribution in [0.5, 0.6) is 11.8 Å². The number of hydrogen-bond acceptors (Lipinski definition) is 13. The molecule has 3 aromatic heterocycles. The van der Waals surface area contributed by atoms with Crippen molar-refractivity contribution < 1.29 is 31.8 Å². The van der Waals surface area contributed by atoms with Crippen LogP contribution in [-0.4, -0.2) is 94.5 Å². The molecule has 2 aliphatic heterocycles. The molecule has 222 valence electrons. The molecule has 0 amide bonds. The fourth-order valence-corrected chi connectivity index (χ4v) is 6.87. The molecule has 2 saturated heterocycles. The smallest absolute Gasteiger partial charge is 0.245 e. The van der Waals surface area contributed by atoms with Crippen LogP contribution in [0.3, 0.4) is 0 Å². The lowest BCUT2D eigenvalue weighted by molar-refractivity contribution is 0.00143. The van der Waals surface area contributed by atoms with Gasteiger partial charge in [-0.25, -0.2) is 22.8 Å². The number of anilines is 1. The van der Waals surface area contributed by atoms with E-state index in [9.17, 15) is 12.8 Å². The molecule has 0 saturated carbocycles. The number of hydrogen-bond donors (Lipinski definition) is 0. The summed E-state index contributed by atoms with van der Waals surface area (Å²) in [7, 11) is -0.981. The van der Waals surface area contributed by atoms with Gasteiger partial charge in [-0.1, -0.05) is 0 Å². The number of rotatable bonds is 10. The van der Waals surface area contributed by atoms with Crippen molar-refractivity contribution in [3.05, 3.63) is 36.2 Å². The van der Waals surface area contributed by atoms with E-state index in [-0.39, 0.29) is 48.3 Å². The molecule has 0 bridgehead atoms. The predicted molar refractivity (Wildman–Crippen MR) is 143 cm³/mol. The van der Waals surface area contributed by atoms with Gasteiger partial charge in [-0.2, -0.15) is 9.97 Å². The number of methoxy groups -OCH3 is 2. The van der Waals surface area contributed by atoms with Gasteiger partial charge in [0, 0.05) is 19.7 Å². The van der Waals surface area contributed by atoms with Crippen LogP contribution in [0.15, 0.2) is 18.7 Å². The number of nitrogens with zero attached hydrogens (tertiary/aromatic N) is 8. The van der Waals surface area contributed by atoms with E-state index in [1.165, 1.54) is 20.5 Å². The molecule has 5 heterocycles. The Morgan fingerprint density at radius 2 is 1.78 bits per heavy atom. The van der Waals surface area contributed by atoms with Crippen molar-refractivity contribution in [2.45, 2.75) is 62.4 Å². The molecule has 2 aliphatic rings. The summed E-state index contributed by atoms with van der Waals surface area (Å²) in [6.45, 7) is 4.78. The zero-order valence-electron chi connectivity index (χ0n) is 23.3.